The number of pyridine rings is 1. The molecule has 0 amide bonds. The summed E-state index contributed by atoms with van der Waals surface area (Å²) in [5, 5.41) is 0. The van der Waals surface area contributed by atoms with Crippen LogP contribution in [0.15, 0.2) is 79.0 Å². The highest BCUT2D eigenvalue weighted by Crippen LogP contribution is 2.32. The molecule has 0 aliphatic carbocycles. The maximum Gasteiger partial charge on any atom is 0.0601 e. The third kappa shape index (κ3) is 3.98. The Hall–Kier alpha value is -2.49. The van der Waals surface area contributed by atoms with E-state index >= 15 is 0 Å². The van der Waals surface area contributed by atoms with Gasteiger partial charge in [-0.25, -0.2) is 0 Å². The number of likely N-dealkylation sites (tertiary alicyclic amines) is 1. The lowest BCUT2D eigenvalue weighted by molar-refractivity contribution is 0.0832. The Balaban J connectivity index is 1.30. The van der Waals surface area contributed by atoms with E-state index in [9.17, 15) is 0 Å². The molecule has 3 nitrogen and oxygen atoms in total. The summed E-state index contributed by atoms with van der Waals surface area (Å²) in [4.78, 5) is 9.99. The van der Waals surface area contributed by atoms with Crippen LogP contribution in [0.5, 0.6) is 0 Å². The first-order valence-corrected chi connectivity index (χ1v) is 10.9. The van der Waals surface area contributed by atoms with Crippen LogP contribution in [-0.4, -0.2) is 40.5 Å². The van der Waals surface area contributed by atoms with Gasteiger partial charge in [0, 0.05) is 38.4 Å². The standard InChI is InChI=1S/C26H29N3/c1-3-8-22(9-4-1)26(23-10-5-2-6-11-23)28-18-14-24(15-19-28)29-17-13-21-12-7-16-27-25(21)20-29/h1-12,16,24,26H,13-15,17-20H2. The largest absolute Gasteiger partial charge is 0.294 e. The van der Waals surface area contributed by atoms with Crippen LogP contribution in [0, 0.1) is 0 Å². The lowest BCUT2D eigenvalue weighted by atomic mass is 9.92. The zero-order valence-electron chi connectivity index (χ0n) is 17.0. The molecule has 3 heteroatoms. The molecule has 2 aromatic carbocycles. The van der Waals surface area contributed by atoms with Crippen molar-refractivity contribution in [2.45, 2.75) is 37.9 Å². The number of hydrogen-bond acceptors (Lipinski definition) is 3. The van der Waals surface area contributed by atoms with Gasteiger partial charge in [0.25, 0.3) is 0 Å². The summed E-state index contributed by atoms with van der Waals surface area (Å²) in [6, 6.07) is 27.3. The molecule has 0 unspecified atom stereocenters. The van der Waals surface area contributed by atoms with Gasteiger partial charge in [0.05, 0.1) is 11.7 Å². The van der Waals surface area contributed by atoms with Gasteiger partial charge < -0.3 is 0 Å². The summed E-state index contributed by atoms with van der Waals surface area (Å²) in [6.45, 7) is 4.47. The van der Waals surface area contributed by atoms with Gasteiger partial charge in [-0.1, -0.05) is 66.7 Å². The number of piperidine rings is 1. The van der Waals surface area contributed by atoms with Crippen LogP contribution in [0.2, 0.25) is 0 Å². The third-order valence-electron chi connectivity index (χ3n) is 6.62. The van der Waals surface area contributed by atoms with Gasteiger partial charge in [-0.05, 0) is 42.0 Å². The van der Waals surface area contributed by atoms with Crippen molar-refractivity contribution in [3.63, 3.8) is 0 Å². The molecule has 0 bridgehead atoms. The highest BCUT2D eigenvalue weighted by molar-refractivity contribution is 5.32. The smallest absolute Gasteiger partial charge is 0.0601 e. The fourth-order valence-electron chi connectivity index (χ4n) is 5.08. The molecule has 0 atom stereocenters. The average molecular weight is 384 g/mol. The topological polar surface area (TPSA) is 19.4 Å². The Morgan fingerprint density at radius 1 is 0.759 bits per heavy atom. The zero-order valence-corrected chi connectivity index (χ0v) is 17.0. The first-order chi connectivity index (χ1) is 14.4. The predicted molar refractivity (Wildman–Crippen MR) is 118 cm³/mol. The van der Waals surface area contributed by atoms with Crippen molar-refractivity contribution in [2.75, 3.05) is 19.6 Å². The molecule has 148 valence electrons. The van der Waals surface area contributed by atoms with Crippen LogP contribution in [-0.2, 0) is 13.0 Å². The van der Waals surface area contributed by atoms with Crippen molar-refractivity contribution in [1.29, 1.82) is 0 Å². The van der Waals surface area contributed by atoms with Crippen LogP contribution in [0.3, 0.4) is 0 Å². The van der Waals surface area contributed by atoms with Gasteiger partial charge in [-0.2, -0.15) is 0 Å². The van der Waals surface area contributed by atoms with E-state index in [1.807, 2.05) is 6.20 Å². The number of fused-ring (bicyclic) bond motifs is 1. The molecular weight excluding hydrogens is 354 g/mol. The molecule has 3 aromatic rings. The zero-order chi connectivity index (χ0) is 19.5. The molecule has 0 radical (unpaired) electrons. The molecule has 29 heavy (non-hydrogen) atoms. The Morgan fingerprint density at radius 2 is 1.41 bits per heavy atom. The summed E-state index contributed by atoms with van der Waals surface area (Å²) in [5.41, 5.74) is 5.52. The predicted octanol–water partition coefficient (Wildman–Crippen LogP) is 4.69. The van der Waals surface area contributed by atoms with E-state index in [1.165, 1.54) is 41.8 Å². The van der Waals surface area contributed by atoms with E-state index in [1.54, 1.807) is 0 Å². The molecule has 3 heterocycles. The van der Waals surface area contributed by atoms with Crippen LogP contribution in [0.4, 0.5) is 0 Å². The highest BCUT2D eigenvalue weighted by Gasteiger charge is 2.31. The monoisotopic (exact) mass is 383 g/mol. The first-order valence-electron chi connectivity index (χ1n) is 10.9. The number of rotatable bonds is 4. The number of aromatic nitrogens is 1. The number of benzene rings is 2. The number of hydrogen-bond donors (Lipinski definition) is 0. The van der Waals surface area contributed by atoms with E-state index < -0.39 is 0 Å². The molecule has 1 saturated heterocycles. The van der Waals surface area contributed by atoms with E-state index in [4.69, 9.17) is 0 Å². The quantitative estimate of drug-likeness (QED) is 0.651. The molecule has 1 aromatic heterocycles. The Labute approximate surface area is 174 Å². The molecule has 0 N–H and O–H groups in total. The Morgan fingerprint density at radius 3 is 2.07 bits per heavy atom. The van der Waals surface area contributed by atoms with Crippen LogP contribution >= 0.6 is 0 Å². The second kappa shape index (κ2) is 8.48. The van der Waals surface area contributed by atoms with Crippen molar-refractivity contribution in [3.05, 3.63) is 101 Å². The average Bonchev–Trinajstić information content (AvgIpc) is 2.81. The van der Waals surface area contributed by atoms with Gasteiger partial charge in [0.1, 0.15) is 0 Å². The van der Waals surface area contributed by atoms with E-state index in [2.05, 4.69) is 87.6 Å². The maximum absolute atomic E-state index is 4.63. The van der Waals surface area contributed by atoms with Crippen molar-refractivity contribution >= 4 is 0 Å². The molecular formula is C26H29N3. The summed E-state index contributed by atoms with van der Waals surface area (Å²) in [7, 11) is 0. The van der Waals surface area contributed by atoms with E-state index in [0.29, 0.717) is 12.1 Å². The minimum atomic E-state index is 0.349. The lowest BCUT2D eigenvalue weighted by Gasteiger charge is -2.43. The first kappa shape index (κ1) is 18.5. The maximum atomic E-state index is 4.63. The van der Waals surface area contributed by atoms with Crippen LogP contribution < -0.4 is 0 Å². The summed E-state index contributed by atoms with van der Waals surface area (Å²) in [6.07, 6.45) is 5.55. The van der Waals surface area contributed by atoms with Gasteiger partial charge in [-0.15, -0.1) is 0 Å². The molecule has 2 aliphatic heterocycles. The normalized spacial score (nSPS) is 18.7. The molecule has 0 spiro atoms. The van der Waals surface area contributed by atoms with Crippen molar-refractivity contribution in [1.82, 2.24) is 14.8 Å². The molecule has 2 aliphatic rings. The minimum Gasteiger partial charge on any atom is -0.294 e. The van der Waals surface area contributed by atoms with Gasteiger partial charge in [0.2, 0.25) is 0 Å². The van der Waals surface area contributed by atoms with Crippen molar-refractivity contribution in [3.8, 4) is 0 Å². The van der Waals surface area contributed by atoms with Crippen LogP contribution in [0.1, 0.15) is 41.3 Å². The molecule has 0 saturated carbocycles. The second-order valence-corrected chi connectivity index (χ2v) is 8.32. The van der Waals surface area contributed by atoms with Crippen molar-refractivity contribution in [2.24, 2.45) is 0 Å². The van der Waals surface area contributed by atoms with Gasteiger partial charge >= 0.3 is 0 Å². The second-order valence-electron chi connectivity index (χ2n) is 8.32. The fraction of sp³-hybridized carbons (Fsp3) is 0.346. The highest BCUT2D eigenvalue weighted by atomic mass is 15.2. The van der Waals surface area contributed by atoms with Gasteiger partial charge in [-0.3, -0.25) is 14.8 Å². The Bertz CT molecular complexity index is 877. The molecule has 5 rings (SSSR count). The SMILES string of the molecule is c1ccc(C(c2ccccc2)N2CCC(N3CCc4cccnc4C3)CC2)cc1. The Kier molecular flexibility index (Phi) is 5.42. The van der Waals surface area contributed by atoms with Crippen LogP contribution in [0.25, 0.3) is 0 Å². The molecule has 1 fully saturated rings. The fourth-order valence-corrected chi connectivity index (χ4v) is 5.08. The van der Waals surface area contributed by atoms with Crippen molar-refractivity contribution < 1.29 is 0 Å². The lowest BCUT2D eigenvalue weighted by Crippen LogP contribution is -2.47. The van der Waals surface area contributed by atoms with Gasteiger partial charge in [0.15, 0.2) is 0 Å². The minimum absolute atomic E-state index is 0.349. The summed E-state index contributed by atoms with van der Waals surface area (Å²) in [5.74, 6) is 0. The van der Waals surface area contributed by atoms with E-state index in [0.717, 1.165) is 26.1 Å². The summed E-state index contributed by atoms with van der Waals surface area (Å²) >= 11 is 0. The third-order valence-corrected chi connectivity index (χ3v) is 6.62. The number of nitrogens with zero attached hydrogens (tertiary/aromatic N) is 3. The van der Waals surface area contributed by atoms with E-state index in [-0.39, 0.29) is 0 Å². The summed E-state index contributed by atoms with van der Waals surface area (Å²) < 4.78 is 0.